The molecule has 3 aromatic rings. The second kappa shape index (κ2) is 8.03. The number of urea groups is 1. The number of hydrogen-bond donors (Lipinski definition) is 1. The van der Waals surface area contributed by atoms with Gasteiger partial charge in [0.15, 0.2) is 5.82 Å². The molecule has 28 heavy (non-hydrogen) atoms. The third kappa shape index (κ3) is 3.93. The molecular weight excluding hydrogens is 358 g/mol. The first-order chi connectivity index (χ1) is 13.7. The first kappa shape index (κ1) is 17.9. The molecule has 0 unspecified atom stereocenters. The van der Waals surface area contributed by atoms with Crippen LogP contribution in [0.5, 0.6) is 0 Å². The number of nitrogens with zero attached hydrogens (tertiary/aromatic N) is 6. The lowest BCUT2D eigenvalue weighted by atomic mass is 10.2. The Balaban J connectivity index is 1.37. The lowest BCUT2D eigenvalue weighted by Crippen LogP contribution is -2.50. The van der Waals surface area contributed by atoms with Crippen molar-refractivity contribution < 1.29 is 9.32 Å². The van der Waals surface area contributed by atoms with Crippen molar-refractivity contribution in [2.45, 2.75) is 13.3 Å². The van der Waals surface area contributed by atoms with Crippen molar-refractivity contribution >= 4 is 17.5 Å². The number of carbonyl (C=O) groups excluding carboxylic acids is 1. The van der Waals surface area contributed by atoms with Crippen LogP contribution in [0.2, 0.25) is 0 Å². The van der Waals surface area contributed by atoms with Gasteiger partial charge in [-0.15, -0.1) is 0 Å². The zero-order chi connectivity index (χ0) is 19.3. The summed E-state index contributed by atoms with van der Waals surface area (Å²) in [5.74, 6) is 1.94. The third-order valence-corrected chi connectivity index (χ3v) is 4.59. The average molecular weight is 379 g/mol. The predicted molar refractivity (Wildman–Crippen MR) is 104 cm³/mol. The molecule has 2 amide bonds. The highest BCUT2D eigenvalue weighted by Gasteiger charge is 2.22. The molecule has 2 aromatic heterocycles. The second-order valence-corrected chi connectivity index (χ2v) is 6.42. The average Bonchev–Trinajstić information content (AvgIpc) is 3.24. The van der Waals surface area contributed by atoms with E-state index in [1.54, 1.807) is 23.5 Å². The van der Waals surface area contributed by atoms with Crippen molar-refractivity contribution in [2.75, 3.05) is 36.4 Å². The van der Waals surface area contributed by atoms with Gasteiger partial charge in [-0.3, -0.25) is 4.98 Å². The Morgan fingerprint density at radius 1 is 1.21 bits per heavy atom. The Bertz CT molecular complexity index is 936. The maximum absolute atomic E-state index is 12.6. The van der Waals surface area contributed by atoms with E-state index in [0.29, 0.717) is 50.0 Å². The summed E-state index contributed by atoms with van der Waals surface area (Å²) < 4.78 is 5.27. The number of nitrogens with one attached hydrogen (secondary N) is 1. The van der Waals surface area contributed by atoms with E-state index in [1.807, 2.05) is 31.2 Å². The van der Waals surface area contributed by atoms with E-state index in [4.69, 9.17) is 4.52 Å². The maximum atomic E-state index is 12.6. The molecule has 0 spiro atoms. The van der Waals surface area contributed by atoms with Gasteiger partial charge in [-0.25, -0.2) is 9.78 Å². The van der Waals surface area contributed by atoms with Crippen LogP contribution >= 0.6 is 0 Å². The van der Waals surface area contributed by atoms with Crippen LogP contribution in [-0.2, 0) is 6.42 Å². The normalized spacial score (nSPS) is 14.2. The van der Waals surface area contributed by atoms with Gasteiger partial charge in [-0.2, -0.15) is 4.98 Å². The Morgan fingerprint density at radius 2 is 2.07 bits per heavy atom. The Hall–Kier alpha value is -3.49. The van der Waals surface area contributed by atoms with Gasteiger partial charge in [0.25, 0.3) is 5.89 Å². The van der Waals surface area contributed by atoms with Crippen molar-refractivity contribution in [1.29, 1.82) is 0 Å². The largest absolute Gasteiger partial charge is 0.352 e. The monoisotopic (exact) mass is 379 g/mol. The fraction of sp³-hybridized carbons (Fsp3) is 0.316. The van der Waals surface area contributed by atoms with Crippen LogP contribution in [0.15, 0.2) is 47.4 Å². The predicted octanol–water partition coefficient (Wildman–Crippen LogP) is 2.44. The zero-order valence-electron chi connectivity index (χ0n) is 15.6. The summed E-state index contributed by atoms with van der Waals surface area (Å²) in [5.41, 5.74) is 1.47. The number of rotatable bonds is 4. The number of piperazine rings is 1. The molecule has 9 heteroatoms. The number of carbonyl (C=O) groups is 1. The highest BCUT2D eigenvalue weighted by atomic mass is 16.5. The van der Waals surface area contributed by atoms with Crippen molar-refractivity contribution in [1.82, 2.24) is 25.0 Å². The number of aromatic nitrogens is 4. The molecule has 0 atom stereocenters. The summed E-state index contributed by atoms with van der Waals surface area (Å²) in [6, 6.07) is 7.28. The fourth-order valence-electron chi connectivity index (χ4n) is 3.04. The molecule has 1 N–H and O–H groups in total. The van der Waals surface area contributed by atoms with Gasteiger partial charge in [0.1, 0.15) is 5.82 Å². The first-order valence-electron chi connectivity index (χ1n) is 9.23. The van der Waals surface area contributed by atoms with E-state index in [9.17, 15) is 4.79 Å². The van der Waals surface area contributed by atoms with E-state index in [1.165, 1.54) is 0 Å². The van der Waals surface area contributed by atoms with Crippen LogP contribution in [0.1, 0.15) is 12.7 Å². The number of anilines is 2. The SMILES string of the molecule is CCc1noc(-c2cccc(NC(=O)N3CCN(c4cnccn4)CC3)c2)n1. The molecule has 0 radical (unpaired) electrons. The Kier molecular flexibility index (Phi) is 5.14. The van der Waals surface area contributed by atoms with Crippen molar-refractivity contribution in [3.63, 3.8) is 0 Å². The van der Waals surface area contributed by atoms with Crippen LogP contribution < -0.4 is 10.2 Å². The zero-order valence-corrected chi connectivity index (χ0v) is 15.6. The van der Waals surface area contributed by atoms with E-state index in [-0.39, 0.29) is 6.03 Å². The molecular formula is C19H21N7O2. The van der Waals surface area contributed by atoms with Crippen LogP contribution in [0, 0.1) is 0 Å². The molecule has 0 bridgehead atoms. The summed E-state index contributed by atoms with van der Waals surface area (Å²) >= 11 is 0. The minimum absolute atomic E-state index is 0.129. The van der Waals surface area contributed by atoms with Gasteiger partial charge >= 0.3 is 6.03 Å². The highest BCUT2D eigenvalue weighted by Crippen LogP contribution is 2.22. The molecule has 144 valence electrons. The summed E-state index contributed by atoms with van der Waals surface area (Å²) in [5, 5.41) is 6.86. The van der Waals surface area contributed by atoms with Crippen molar-refractivity contribution in [3.8, 4) is 11.5 Å². The quantitative estimate of drug-likeness (QED) is 0.743. The van der Waals surface area contributed by atoms with Gasteiger partial charge in [-0.05, 0) is 18.2 Å². The van der Waals surface area contributed by atoms with E-state index < -0.39 is 0 Å². The number of hydrogen-bond acceptors (Lipinski definition) is 7. The fourth-order valence-corrected chi connectivity index (χ4v) is 3.04. The van der Waals surface area contributed by atoms with Crippen LogP contribution in [-0.4, -0.2) is 57.2 Å². The number of aryl methyl sites for hydroxylation is 1. The van der Waals surface area contributed by atoms with Crippen LogP contribution in [0.3, 0.4) is 0 Å². The standard InChI is InChI=1S/C19H21N7O2/c1-2-16-23-18(28-24-16)14-4-3-5-15(12-14)22-19(27)26-10-8-25(9-11-26)17-13-20-6-7-21-17/h3-7,12-13H,2,8-11H2,1H3,(H,22,27). The second-order valence-electron chi connectivity index (χ2n) is 6.42. The Morgan fingerprint density at radius 3 is 2.79 bits per heavy atom. The summed E-state index contributed by atoms with van der Waals surface area (Å²) in [6.45, 7) is 4.63. The molecule has 0 saturated carbocycles. The lowest BCUT2D eigenvalue weighted by molar-refractivity contribution is 0.208. The molecule has 1 saturated heterocycles. The van der Waals surface area contributed by atoms with Crippen LogP contribution in [0.4, 0.5) is 16.3 Å². The third-order valence-electron chi connectivity index (χ3n) is 4.59. The van der Waals surface area contributed by atoms with Gasteiger partial charge in [0, 0.05) is 56.2 Å². The topological polar surface area (TPSA) is 100 Å². The molecule has 0 aliphatic carbocycles. The molecule has 3 heterocycles. The van der Waals surface area contributed by atoms with Gasteiger partial charge < -0.3 is 19.6 Å². The maximum Gasteiger partial charge on any atom is 0.321 e. The summed E-state index contributed by atoms with van der Waals surface area (Å²) in [4.78, 5) is 29.3. The van der Waals surface area contributed by atoms with Gasteiger partial charge in [0.05, 0.1) is 6.20 Å². The highest BCUT2D eigenvalue weighted by molar-refractivity contribution is 5.90. The smallest absolute Gasteiger partial charge is 0.321 e. The number of benzene rings is 1. The van der Waals surface area contributed by atoms with Gasteiger partial charge in [0.2, 0.25) is 0 Å². The molecule has 1 fully saturated rings. The molecule has 4 rings (SSSR count). The van der Waals surface area contributed by atoms with E-state index in [2.05, 4.69) is 30.3 Å². The molecule has 1 aromatic carbocycles. The summed E-state index contributed by atoms with van der Waals surface area (Å²) in [6.07, 6.45) is 5.77. The van der Waals surface area contributed by atoms with Crippen molar-refractivity contribution in [2.24, 2.45) is 0 Å². The molecule has 1 aliphatic heterocycles. The minimum Gasteiger partial charge on any atom is -0.352 e. The van der Waals surface area contributed by atoms with Gasteiger partial charge in [-0.1, -0.05) is 18.1 Å². The minimum atomic E-state index is -0.129. The summed E-state index contributed by atoms with van der Waals surface area (Å²) in [7, 11) is 0. The lowest BCUT2D eigenvalue weighted by Gasteiger charge is -2.35. The number of amides is 2. The Labute approximate surface area is 162 Å². The van der Waals surface area contributed by atoms with Crippen molar-refractivity contribution in [3.05, 3.63) is 48.7 Å². The first-order valence-corrected chi connectivity index (χ1v) is 9.23. The van der Waals surface area contributed by atoms with E-state index in [0.717, 1.165) is 11.4 Å². The molecule has 9 nitrogen and oxygen atoms in total. The molecule has 1 aliphatic rings. The van der Waals surface area contributed by atoms with E-state index >= 15 is 0 Å². The van der Waals surface area contributed by atoms with Crippen LogP contribution in [0.25, 0.3) is 11.5 Å².